The van der Waals surface area contributed by atoms with Crippen molar-refractivity contribution in [2.75, 3.05) is 55.4 Å². The predicted molar refractivity (Wildman–Crippen MR) is 256 cm³/mol. The highest BCUT2D eigenvalue weighted by Crippen LogP contribution is 2.30. The van der Waals surface area contributed by atoms with Gasteiger partial charge in [-0.2, -0.15) is 0 Å². The second kappa shape index (κ2) is 24.2. The number of fused-ring (bicyclic) bond motifs is 2. The molecule has 4 heterocycles. The Hall–Kier alpha value is -4.15. The highest BCUT2D eigenvalue weighted by molar-refractivity contribution is 7.14. The Balaban J connectivity index is 0.000000289. The third-order valence-corrected chi connectivity index (χ3v) is 13.4. The summed E-state index contributed by atoms with van der Waals surface area (Å²) in [7, 11) is 11.1. The molecular formula is C44H73ClN10O9S2. The number of aromatic nitrogens is 2. The number of nitrogens with zero attached hydrogens (tertiary/aromatic N) is 6. The molecule has 2 fully saturated rings. The Morgan fingerprint density at radius 1 is 0.667 bits per heavy atom. The summed E-state index contributed by atoms with van der Waals surface area (Å²) in [5, 5.41) is 18.1. The van der Waals surface area contributed by atoms with Crippen LogP contribution in [0.4, 0.5) is 9.59 Å². The molecule has 0 spiro atoms. The summed E-state index contributed by atoms with van der Waals surface area (Å²) < 4.78 is 10.6. The van der Waals surface area contributed by atoms with E-state index < -0.39 is 29.4 Å². The second-order valence-corrected chi connectivity index (χ2v) is 22.0. The molecule has 6 N–H and O–H groups in total. The van der Waals surface area contributed by atoms with E-state index in [0.29, 0.717) is 37.1 Å². The first-order valence-electron chi connectivity index (χ1n) is 22.2. The normalized spacial score (nSPS) is 23.0. The number of amides is 5. The maximum Gasteiger partial charge on any atom is 0.407 e. The molecule has 6 atom stereocenters. The number of rotatable bonds is 7. The van der Waals surface area contributed by atoms with Crippen LogP contribution in [0.15, 0.2) is 0 Å². The molecular weight excluding hydrogens is 912 g/mol. The number of nitrogens with two attached hydrogens (primary N) is 1. The number of carboxylic acids is 1. The molecule has 5 amide bonds. The van der Waals surface area contributed by atoms with Crippen LogP contribution in [0.5, 0.6) is 0 Å². The molecule has 2 saturated carbocycles. The number of hydrogen-bond acceptors (Lipinski definition) is 15. The third-order valence-electron chi connectivity index (χ3n) is 11.3. The Kier molecular flexibility index (Phi) is 20.6. The molecule has 0 bridgehead atoms. The smallest absolute Gasteiger partial charge is 0.407 e. The van der Waals surface area contributed by atoms with Crippen molar-refractivity contribution in [3.05, 3.63) is 31.2 Å². The van der Waals surface area contributed by atoms with Gasteiger partial charge in [-0.1, -0.05) is 0 Å². The SMILES string of the molecule is CN(C)C(=O)[C@H]1CC[C@H](NC(=O)OC(C)(C)C)[C@H](N)C1.CN1CCc2nc(C(=O)N[C@@H]3C[C@@H](C(=O)N(C)C)CC[C@@H]3NC(=O)OC(C)(C)C)sc2C1.CN1CCc2nc(C(=O)O)sc2C1.Cl. The molecule has 19 nitrogen and oxygen atoms in total. The molecule has 4 aliphatic rings. The predicted octanol–water partition coefficient (Wildman–Crippen LogP) is 4.36. The van der Waals surface area contributed by atoms with Gasteiger partial charge in [0.25, 0.3) is 5.91 Å². The zero-order chi connectivity index (χ0) is 48.6. The van der Waals surface area contributed by atoms with Gasteiger partial charge in [-0.15, -0.1) is 35.1 Å². The van der Waals surface area contributed by atoms with E-state index in [1.165, 1.54) is 22.7 Å². The molecule has 372 valence electrons. The number of hydrogen-bond donors (Lipinski definition) is 5. The van der Waals surface area contributed by atoms with Crippen molar-refractivity contribution in [3.63, 3.8) is 0 Å². The van der Waals surface area contributed by atoms with Crippen LogP contribution in [-0.4, -0.2) is 161 Å². The topological polar surface area (TPSA) is 242 Å². The Morgan fingerprint density at radius 3 is 1.53 bits per heavy atom. The Labute approximate surface area is 403 Å². The van der Waals surface area contributed by atoms with Crippen LogP contribution < -0.4 is 21.7 Å². The summed E-state index contributed by atoms with van der Waals surface area (Å²) in [6, 6.07) is -1.05. The number of halogens is 1. The molecule has 0 saturated heterocycles. The number of aromatic carboxylic acids is 1. The van der Waals surface area contributed by atoms with Gasteiger partial charge in [0.15, 0.2) is 5.01 Å². The highest BCUT2D eigenvalue weighted by atomic mass is 35.5. The van der Waals surface area contributed by atoms with Gasteiger partial charge in [-0.05, 0) is 94.2 Å². The monoisotopic (exact) mass is 984 g/mol. The molecule has 2 aromatic heterocycles. The Bertz CT molecular complexity index is 2000. The number of carbonyl (C=O) groups excluding carboxylic acids is 5. The fourth-order valence-electron chi connectivity index (χ4n) is 8.05. The second-order valence-electron chi connectivity index (χ2n) is 19.8. The third kappa shape index (κ3) is 17.2. The van der Waals surface area contributed by atoms with Crippen molar-refractivity contribution in [1.29, 1.82) is 0 Å². The lowest BCUT2D eigenvalue weighted by molar-refractivity contribution is -0.135. The van der Waals surface area contributed by atoms with Crippen molar-refractivity contribution >= 4 is 71.0 Å². The summed E-state index contributed by atoms with van der Waals surface area (Å²) in [6.07, 6.45) is 4.44. The van der Waals surface area contributed by atoms with Crippen LogP contribution in [0.2, 0.25) is 0 Å². The number of carboxylic acid groups (broad SMARTS) is 1. The van der Waals surface area contributed by atoms with Gasteiger partial charge in [0, 0.05) is 101 Å². The highest BCUT2D eigenvalue weighted by Gasteiger charge is 2.38. The average molecular weight is 986 g/mol. The largest absolute Gasteiger partial charge is 0.476 e. The van der Waals surface area contributed by atoms with E-state index >= 15 is 0 Å². The van der Waals surface area contributed by atoms with Crippen molar-refractivity contribution in [2.24, 2.45) is 17.6 Å². The lowest BCUT2D eigenvalue weighted by Crippen LogP contribution is -2.56. The van der Waals surface area contributed by atoms with Crippen LogP contribution in [0.1, 0.15) is 121 Å². The lowest BCUT2D eigenvalue weighted by atomic mass is 9.81. The molecule has 2 aliphatic heterocycles. The van der Waals surface area contributed by atoms with Gasteiger partial charge >= 0.3 is 18.2 Å². The zero-order valence-electron chi connectivity index (χ0n) is 40.6. The number of ether oxygens (including phenoxy) is 2. The minimum atomic E-state index is -0.915. The maximum atomic E-state index is 13.1. The van der Waals surface area contributed by atoms with Gasteiger partial charge in [0.2, 0.25) is 16.8 Å². The van der Waals surface area contributed by atoms with E-state index in [1.807, 2.05) is 27.8 Å². The summed E-state index contributed by atoms with van der Waals surface area (Å²) >= 11 is 2.71. The number of carbonyl (C=O) groups is 6. The standard InChI is InChI=1S/C22H35N5O4S.C14H27N3O3.C8H10N2O2S.ClH/c1-22(2,3)31-21(30)25-14-8-7-13(20(29)26(4)5)11-16(14)23-18(28)19-24-15-9-10-27(6)12-17(15)32-19;1-14(2,3)20-13(19)16-11-7-6-9(8-10(11)15)12(18)17(4)5;1-10-3-2-5-6(4-10)13-7(9-5)8(11)12;/h13-14,16H,7-12H2,1-6H3,(H,23,28)(H,25,30);9-11H,6-8,15H2,1-5H3,(H,16,19);2-4H2,1H3,(H,11,12);1H/t13-,14-,16+;9-,10+,11-;;/m00../s1. The van der Waals surface area contributed by atoms with Crippen molar-refractivity contribution in [3.8, 4) is 0 Å². The molecule has 0 unspecified atom stereocenters. The van der Waals surface area contributed by atoms with Crippen LogP contribution in [-0.2, 0) is 45.0 Å². The van der Waals surface area contributed by atoms with Crippen LogP contribution in [0.3, 0.4) is 0 Å². The van der Waals surface area contributed by atoms with Gasteiger partial charge in [0.1, 0.15) is 11.2 Å². The summed E-state index contributed by atoms with van der Waals surface area (Å²) in [5.74, 6) is -1.28. The average Bonchev–Trinajstić information content (AvgIpc) is 3.82. The minimum Gasteiger partial charge on any atom is -0.476 e. The number of alkyl carbamates (subject to hydrolysis) is 2. The Morgan fingerprint density at radius 2 is 1.09 bits per heavy atom. The van der Waals surface area contributed by atoms with Gasteiger partial charge in [0.05, 0.1) is 23.5 Å². The number of nitrogens with one attached hydrogen (secondary N) is 3. The van der Waals surface area contributed by atoms with E-state index in [9.17, 15) is 28.8 Å². The van der Waals surface area contributed by atoms with Gasteiger partial charge < -0.3 is 55.9 Å². The van der Waals surface area contributed by atoms with E-state index in [-0.39, 0.29) is 71.1 Å². The van der Waals surface area contributed by atoms with E-state index in [2.05, 4.69) is 42.8 Å². The molecule has 0 aromatic carbocycles. The number of likely N-dealkylation sites (N-methyl/N-ethyl adjacent to an activating group) is 2. The van der Waals surface area contributed by atoms with Gasteiger partial charge in [-0.25, -0.2) is 24.4 Å². The maximum absolute atomic E-state index is 13.1. The van der Waals surface area contributed by atoms with Crippen molar-refractivity contribution in [2.45, 2.75) is 141 Å². The van der Waals surface area contributed by atoms with Crippen molar-refractivity contribution < 1.29 is 43.3 Å². The van der Waals surface area contributed by atoms with E-state index in [0.717, 1.165) is 66.6 Å². The summed E-state index contributed by atoms with van der Waals surface area (Å²) in [4.78, 5) is 90.7. The fourth-order valence-corrected chi connectivity index (χ4v) is 10.2. The zero-order valence-corrected chi connectivity index (χ0v) is 43.1. The van der Waals surface area contributed by atoms with E-state index in [1.54, 1.807) is 58.8 Å². The first-order valence-corrected chi connectivity index (χ1v) is 23.9. The fraction of sp³-hybridized carbons (Fsp3) is 0.727. The van der Waals surface area contributed by atoms with Crippen LogP contribution in [0.25, 0.3) is 0 Å². The molecule has 0 radical (unpaired) electrons. The molecule has 22 heteroatoms. The molecule has 2 aromatic rings. The summed E-state index contributed by atoms with van der Waals surface area (Å²) in [6.45, 7) is 14.4. The van der Waals surface area contributed by atoms with Crippen LogP contribution in [0, 0.1) is 11.8 Å². The summed E-state index contributed by atoms with van der Waals surface area (Å²) in [5.41, 5.74) is 6.90. The van der Waals surface area contributed by atoms with Gasteiger partial charge in [-0.3, -0.25) is 14.4 Å². The van der Waals surface area contributed by atoms with Crippen LogP contribution >= 0.6 is 35.1 Å². The quantitative estimate of drug-likeness (QED) is 0.259. The first kappa shape index (κ1) is 56.2. The molecule has 2 aliphatic carbocycles. The number of thiazole rings is 2. The lowest BCUT2D eigenvalue weighted by Gasteiger charge is -2.37. The molecule has 66 heavy (non-hydrogen) atoms. The van der Waals surface area contributed by atoms with Crippen molar-refractivity contribution in [1.82, 2.24) is 45.5 Å². The minimum absolute atomic E-state index is 0. The van der Waals surface area contributed by atoms with E-state index in [4.69, 9.17) is 20.3 Å². The first-order chi connectivity index (χ1) is 30.2. The molecule has 6 rings (SSSR count).